The van der Waals surface area contributed by atoms with Crippen molar-refractivity contribution in [1.82, 2.24) is 0 Å². The minimum atomic E-state index is 1.26. The summed E-state index contributed by atoms with van der Waals surface area (Å²) in [6.45, 7) is 2.17. The number of hydrogen-bond acceptors (Lipinski definition) is 0. The molecule has 1 heterocycles. The lowest BCUT2D eigenvalue weighted by molar-refractivity contribution is -0.461. The van der Waals surface area contributed by atoms with E-state index in [0.717, 1.165) is 0 Å². The van der Waals surface area contributed by atoms with Crippen LogP contribution in [0.5, 0.6) is 0 Å². The van der Waals surface area contributed by atoms with Crippen molar-refractivity contribution < 1.29 is 2.78 Å². The van der Waals surface area contributed by atoms with Crippen LogP contribution in [0.15, 0.2) is 12.1 Å². The van der Waals surface area contributed by atoms with E-state index >= 15 is 0 Å². The molecule has 0 fully saturated rings. The summed E-state index contributed by atoms with van der Waals surface area (Å²) in [6.07, 6.45) is 5.27. The second-order valence-electron chi connectivity index (χ2n) is 3.43. The highest BCUT2D eigenvalue weighted by Gasteiger charge is 2.19. The number of fused-ring (bicyclic) bond motifs is 1. The van der Waals surface area contributed by atoms with Crippen LogP contribution in [0, 0.1) is 6.92 Å². The molecule has 0 radical (unpaired) electrons. The molecule has 0 unspecified atom stereocenters. The van der Waals surface area contributed by atoms with Crippen LogP contribution < -0.4 is 2.78 Å². The molecule has 12 heavy (non-hydrogen) atoms. The molecule has 1 aliphatic rings. The zero-order chi connectivity index (χ0) is 8.55. The zero-order valence-electron chi connectivity index (χ0n) is 7.31. The quantitative estimate of drug-likeness (QED) is 0.639. The first-order valence-electron chi connectivity index (χ1n) is 4.48. The minimum absolute atomic E-state index is 1.26. The number of aryl methyl sites for hydroxylation is 2. The van der Waals surface area contributed by atoms with Gasteiger partial charge in [0, 0.05) is 25.0 Å². The molecule has 64 valence electrons. The van der Waals surface area contributed by atoms with Crippen molar-refractivity contribution >= 4 is 22.9 Å². The number of pyridine rings is 1. The highest BCUT2D eigenvalue weighted by molar-refractivity contribution is 14.1. The molecule has 1 aromatic heterocycles. The van der Waals surface area contributed by atoms with Crippen LogP contribution in [0.2, 0.25) is 0 Å². The van der Waals surface area contributed by atoms with Crippen LogP contribution >= 0.6 is 22.9 Å². The fourth-order valence-corrected chi connectivity index (χ4v) is 2.53. The maximum absolute atomic E-state index is 2.40. The highest BCUT2D eigenvalue weighted by Crippen LogP contribution is 2.18. The van der Waals surface area contributed by atoms with E-state index in [-0.39, 0.29) is 0 Å². The predicted octanol–water partition coefficient (Wildman–Crippen LogP) is 2.36. The number of rotatable bonds is 0. The van der Waals surface area contributed by atoms with E-state index < -0.39 is 0 Å². The van der Waals surface area contributed by atoms with Crippen molar-refractivity contribution in [3.63, 3.8) is 0 Å². The molecule has 0 saturated carbocycles. The molecule has 0 aromatic carbocycles. The first-order valence-corrected chi connectivity index (χ1v) is 5.45. The minimum Gasteiger partial charge on any atom is -0.138 e. The molecule has 0 saturated heterocycles. The van der Waals surface area contributed by atoms with Gasteiger partial charge in [0.25, 0.3) is 0 Å². The molecule has 0 aliphatic heterocycles. The topological polar surface area (TPSA) is 3.88 Å². The SMILES string of the molecule is Cc1ccc2c([n+]1I)CCCC2. The van der Waals surface area contributed by atoms with Gasteiger partial charge in [-0.1, -0.05) is 0 Å². The molecule has 0 amide bonds. The Morgan fingerprint density at radius 2 is 2.00 bits per heavy atom. The third kappa shape index (κ3) is 1.37. The third-order valence-corrected chi connectivity index (χ3v) is 3.90. The van der Waals surface area contributed by atoms with Gasteiger partial charge in [-0.25, -0.2) is 0 Å². The van der Waals surface area contributed by atoms with E-state index in [1.807, 2.05) is 0 Å². The van der Waals surface area contributed by atoms with Gasteiger partial charge in [0.05, 0.1) is 0 Å². The van der Waals surface area contributed by atoms with Crippen molar-refractivity contribution in [2.75, 3.05) is 0 Å². The van der Waals surface area contributed by atoms with Gasteiger partial charge in [0.15, 0.2) is 11.4 Å². The zero-order valence-corrected chi connectivity index (χ0v) is 9.47. The lowest BCUT2D eigenvalue weighted by Crippen LogP contribution is -2.32. The molecule has 0 atom stereocenters. The second kappa shape index (κ2) is 3.32. The van der Waals surface area contributed by atoms with E-state index in [2.05, 4.69) is 44.7 Å². The monoisotopic (exact) mass is 274 g/mol. The first-order chi connectivity index (χ1) is 5.79. The summed E-state index contributed by atoms with van der Waals surface area (Å²) in [5, 5.41) is 0. The maximum atomic E-state index is 2.40. The Bertz CT molecular complexity index is 307. The molecule has 1 aliphatic carbocycles. The second-order valence-corrected chi connectivity index (χ2v) is 4.40. The summed E-state index contributed by atoms with van der Waals surface area (Å²) in [5.74, 6) is 0. The normalized spacial score (nSPS) is 15.8. The lowest BCUT2D eigenvalue weighted by atomic mass is 9.96. The number of aromatic nitrogens is 1. The molecule has 0 bridgehead atoms. The summed E-state index contributed by atoms with van der Waals surface area (Å²) in [6, 6.07) is 4.51. The van der Waals surface area contributed by atoms with Crippen LogP contribution in [-0.2, 0) is 12.8 Å². The summed E-state index contributed by atoms with van der Waals surface area (Å²) < 4.78 is 2.31. The van der Waals surface area contributed by atoms with E-state index in [0.29, 0.717) is 0 Å². The molecule has 0 spiro atoms. The summed E-state index contributed by atoms with van der Waals surface area (Å²) in [7, 11) is 0. The average molecular weight is 274 g/mol. The number of halogens is 1. The van der Waals surface area contributed by atoms with Crippen molar-refractivity contribution in [2.45, 2.75) is 32.6 Å². The molecule has 2 rings (SSSR count). The van der Waals surface area contributed by atoms with Crippen molar-refractivity contribution in [3.05, 3.63) is 29.1 Å². The Kier molecular flexibility index (Phi) is 2.35. The van der Waals surface area contributed by atoms with Gasteiger partial charge >= 0.3 is 22.9 Å². The van der Waals surface area contributed by atoms with Crippen LogP contribution in [0.4, 0.5) is 0 Å². The summed E-state index contributed by atoms with van der Waals surface area (Å²) >= 11 is 2.40. The Morgan fingerprint density at radius 3 is 2.83 bits per heavy atom. The van der Waals surface area contributed by atoms with Gasteiger partial charge < -0.3 is 0 Å². The van der Waals surface area contributed by atoms with E-state index in [9.17, 15) is 0 Å². The van der Waals surface area contributed by atoms with Gasteiger partial charge in [0.2, 0.25) is 0 Å². The van der Waals surface area contributed by atoms with Crippen LogP contribution in [-0.4, -0.2) is 0 Å². The van der Waals surface area contributed by atoms with Crippen molar-refractivity contribution in [2.24, 2.45) is 0 Å². The fourth-order valence-electron chi connectivity index (χ4n) is 1.82. The standard InChI is InChI=1S/C10H13IN/c1-8-6-7-9-4-2-3-5-10(9)12(8)11/h6-7H,2-5H2,1H3/q+1. The van der Waals surface area contributed by atoms with Crippen LogP contribution in [0.25, 0.3) is 0 Å². The summed E-state index contributed by atoms with van der Waals surface area (Å²) in [4.78, 5) is 0. The maximum Gasteiger partial charge on any atom is 0.354 e. The first kappa shape index (κ1) is 8.48. The Balaban J connectivity index is 2.54. The number of nitrogens with zero attached hydrogens (tertiary/aromatic N) is 1. The lowest BCUT2D eigenvalue weighted by Gasteiger charge is -2.11. The van der Waals surface area contributed by atoms with Crippen LogP contribution in [0.1, 0.15) is 29.8 Å². The highest BCUT2D eigenvalue weighted by atomic mass is 127. The van der Waals surface area contributed by atoms with Gasteiger partial charge in [-0.3, -0.25) is 0 Å². The Labute approximate surface area is 87.3 Å². The van der Waals surface area contributed by atoms with Gasteiger partial charge in [-0.2, -0.15) is 0 Å². The fraction of sp³-hybridized carbons (Fsp3) is 0.500. The van der Waals surface area contributed by atoms with Crippen LogP contribution in [0.3, 0.4) is 0 Å². The Hall–Kier alpha value is -0.120. The molecule has 0 N–H and O–H groups in total. The van der Waals surface area contributed by atoms with Crippen molar-refractivity contribution in [3.8, 4) is 0 Å². The predicted molar refractivity (Wildman–Crippen MR) is 57.4 cm³/mol. The molecule has 1 nitrogen and oxygen atoms in total. The van der Waals surface area contributed by atoms with Gasteiger partial charge in [-0.05, 0) is 25.3 Å². The van der Waals surface area contributed by atoms with Gasteiger partial charge in [0.1, 0.15) is 0 Å². The Morgan fingerprint density at radius 1 is 1.25 bits per heavy atom. The molecule has 2 heteroatoms. The third-order valence-electron chi connectivity index (χ3n) is 2.55. The number of hydrogen-bond donors (Lipinski definition) is 0. The van der Waals surface area contributed by atoms with Gasteiger partial charge in [-0.15, -0.1) is 2.78 Å². The summed E-state index contributed by atoms with van der Waals surface area (Å²) in [5.41, 5.74) is 4.46. The van der Waals surface area contributed by atoms with Crippen molar-refractivity contribution in [1.29, 1.82) is 0 Å². The average Bonchev–Trinajstić information content (AvgIpc) is 2.12. The molecular formula is C10H13IN+. The van der Waals surface area contributed by atoms with E-state index in [4.69, 9.17) is 0 Å². The molecular weight excluding hydrogens is 261 g/mol. The van der Waals surface area contributed by atoms with E-state index in [1.54, 1.807) is 11.3 Å². The molecule has 1 aromatic rings. The largest absolute Gasteiger partial charge is 0.354 e. The van der Waals surface area contributed by atoms with E-state index in [1.165, 1.54) is 31.4 Å². The smallest absolute Gasteiger partial charge is 0.138 e.